The Hall–Kier alpha value is 0.880. The van der Waals surface area contributed by atoms with E-state index >= 15 is 0 Å². The van der Waals surface area contributed by atoms with Gasteiger partial charge in [0.25, 0.3) is 0 Å². The minimum Gasteiger partial charge on any atom is -0.330 e. The van der Waals surface area contributed by atoms with Crippen LogP contribution in [0.2, 0.25) is 0 Å². The zero-order valence-electron chi connectivity index (χ0n) is 31.5. The third-order valence-electron chi connectivity index (χ3n) is 8.62. The van der Waals surface area contributed by atoms with Gasteiger partial charge in [0.2, 0.25) is 0 Å². The molecule has 1 rings (SSSR count). The molecule has 1 saturated heterocycles. The third kappa shape index (κ3) is 32.3. The molecule has 14 N–H and O–H groups in total. The van der Waals surface area contributed by atoms with Gasteiger partial charge in [0.15, 0.2) is 0 Å². The van der Waals surface area contributed by atoms with Crippen LogP contribution in [0.15, 0.2) is 0 Å². The van der Waals surface area contributed by atoms with Crippen LogP contribution in [0, 0.1) is 5.92 Å². The quantitative estimate of drug-likeness (QED) is 0.0750. The molecule has 300 valence electrons. The molecule has 50 heavy (non-hydrogen) atoms. The minimum atomic E-state index is 0.683. The highest BCUT2D eigenvalue weighted by molar-refractivity contribution is 8.77. The number of nitrogens with zero attached hydrogens (tertiary/aromatic N) is 3. The average Bonchev–Trinajstić information content (AvgIpc) is 3.12. The summed E-state index contributed by atoms with van der Waals surface area (Å²) in [4.78, 5) is 7.72. The molecule has 1 heterocycles. The molecular weight excluding hydrogens is 707 g/mol. The van der Waals surface area contributed by atoms with Crippen molar-refractivity contribution in [2.75, 3.05) is 187 Å². The average molecular weight is 786 g/mol. The van der Waals surface area contributed by atoms with E-state index in [0.717, 1.165) is 168 Å². The van der Waals surface area contributed by atoms with E-state index in [4.69, 9.17) is 22.9 Å². The van der Waals surface area contributed by atoms with Crippen molar-refractivity contribution < 1.29 is 0 Å². The highest BCUT2D eigenvalue weighted by Crippen LogP contribution is 2.25. The molecule has 0 spiro atoms. The topological polar surface area (TPSA) is 186 Å². The summed E-state index contributed by atoms with van der Waals surface area (Å²) >= 11 is 0. The SMILES string of the molecule is NCCNCCN1CCNCCNCCSSCCN(CCN)CCN(CCNCCN)CCNCCNCCSSCCC(CCN)CC1. The van der Waals surface area contributed by atoms with Gasteiger partial charge < -0.3 is 59.7 Å². The van der Waals surface area contributed by atoms with Crippen LogP contribution in [0.3, 0.4) is 0 Å². The summed E-state index contributed by atoms with van der Waals surface area (Å²) in [5.41, 5.74) is 23.4. The number of rotatable bonds is 14. The van der Waals surface area contributed by atoms with Gasteiger partial charge in [-0.15, -0.1) is 0 Å². The molecule has 1 aliphatic heterocycles. The summed E-state index contributed by atoms with van der Waals surface area (Å²) in [5.74, 6) is 5.28. The first-order valence-electron chi connectivity index (χ1n) is 19.4. The predicted octanol–water partition coefficient (Wildman–Crippen LogP) is -1.17. The Morgan fingerprint density at radius 3 is 1.48 bits per heavy atom. The largest absolute Gasteiger partial charge is 0.330 e. The van der Waals surface area contributed by atoms with Crippen LogP contribution in [-0.4, -0.2) is 201 Å². The fourth-order valence-electron chi connectivity index (χ4n) is 5.61. The van der Waals surface area contributed by atoms with Crippen LogP contribution in [0.5, 0.6) is 0 Å². The molecule has 0 aliphatic carbocycles. The lowest BCUT2D eigenvalue weighted by atomic mass is 9.98. The van der Waals surface area contributed by atoms with Crippen LogP contribution in [0.25, 0.3) is 0 Å². The second-order valence-electron chi connectivity index (χ2n) is 12.7. The smallest absolute Gasteiger partial charge is 0.0165 e. The summed E-state index contributed by atoms with van der Waals surface area (Å²) < 4.78 is 0. The predicted molar refractivity (Wildman–Crippen MR) is 230 cm³/mol. The fraction of sp³-hybridized carbons (Fsp3) is 1.00. The molecule has 13 nitrogen and oxygen atoms in total. The molecule has 0 aromatic carbocycles. The Labute approximate surface area is 323 Å². The van der Waals surface area contributed by atoms with E-state index in [1.165, 1.54) is 18.6 Å². The standard InChI is InChI=1S/C33H79N13S4/c34-4-1-33-2-20-44(22-14-38-8-5-35)23-16-40-10-12-43-19-31-49-50-32-28-45(21-7-37)26-27-46(24-15-39-9-6-36)25-17-41-11-13-42-18-30-48-47-29-3-33/h33,38-43H,1-32,34-37H2. The number of nitrogens with one attached hydrogen (secondary N) is 6. The molecule has 0 aromatic heterocycles. The van der Waals surface area contributed by atoms with Gasteiger partial charge >= 0.3 is 0 Å². The summed E-state index contributed by atoms with van der Waals surface area (Å²) in [5, 5.41) is 21.5. The lowest BCUT2D eigenvalue weighted by Gasteiger charge is -2.27. The number of hydrogen-bond donors (Lipinski definition) is 10. The first-order chi connectivity index (χ1) is 24.7. The van der Waals surface area contributed by atoms with E-state index in [9.17, 15) is 0 Å². The second kappa shape index (κ2) is 39.6. The van der Waals surface area contributed by atoms with Crippen LogP contribution >= 0.6 is 43.2 Å². The van der Waals surface area contributed by atoms with E-state index < -0.39 is 0 Å². The summed E-state index contributed by atoms with van der Waals surface area (Å²) in [6, 6.07) is 0. The van der Waals surface area contributed by atoms with Crippen molar-refractivity contribution in [2.24, 2.45) is 28.9 Å². The maximum atomic E-state index is 6.03. The zero-order valence-corrected chi connectivity index (χ0v) is 34.8. The van der Waals surface area contributed by atoms with Gasteiger partial charge in [-0.25, -0.2) is 0 Å². The monoisotopic (exact) mass is 786 g/mol. The number of nitrogens with two attached hydrogens (primary N) is 4. The van der Waals surface area contributed by atoms with Crippen LogP contribution in [-0.2, 0) is 0 Å². The van der Waals surface area contributed by atoms with E-state index in [2.05, 4.69) is 46.6 Å². The molecule has 17 heteroatoms. The molecule has 0 amide bonds. The van der Waals surface area contributed by atoms with Gasteiger partial charge in [-0.05, 0) is 38.3 Å². The third-order valence-corrected chi connectivity index (χ3v) is 13.4. The summed E-state index contributed by atoms with van der Waals surface area (Å²) in [6.45, 7) is 24.2. The van der Waals surface area contributed by atoms with Gasteiger partial charge in [0.1, 0.15) is 0 Å². The van der Waals surface area contributed by atoms with Crippen molar-refractivity contribution in [1.82, 2.24) is 46.6 Å². The zero-order chi connectivity index (χ0) is 36.0. The minimum absolute atomic E-state index is 0.683. The van der Waals surface area contributed by atoms with E-state index in [0.29, 0.717) is 25.6 Å². The second-order valence-corrected chi connectivity index (χ2v) is 18.1. The van der Waals surface area contributed by atoms with Crippen LogP contribution in [0.1, 0.15) is 19.3 Å². The maximum absolute atomic E-state index is 6.03. The van der Waals surface area contributed by atoms with E-state index in [1.807, 2.05) is 43.2 Å². The molecule has 1 fully saturated rings. The van der Waals surface area contributed by atoms with Crippen molar-refractivity contribution in [1.29, 1.82) is 0 Å². The Bertz CT molecular complexity index is 627. The molecule has 1 atom stereocenters. The molecule has 0 bridgehead atoms. The van der Waals surface area contributed by atoms with Gasteiger partial charge in [-0.3, -0.25) is 9.80 Å². The Morgan fingerprint density at radius 2 is 0.940 bits per heavy atom. The van der Waals surface area contributed by atoms with E-state index in [1.54, 1.807) is 0 Å². The molecule has 0 radical (unpaired) electrons. The maximum Gasteiger partial charge on any atom is 0.0165 e. The van der Waals surface area contributed by atoms with Crippen molar-refractivity contribution in [3.05, 3.63) is 0 Å². The van der Waals surface area contributed by atoms with Crippen molar-refractivity contribution in [2.45, 2.75) is 19.3 Å². The Kier molecular flexibility index (Phi) is 38.7. The van der Waals surface area contributed by atoms with Crippen LogP contribution < -0.4 is 54.8 Å². The highest BCUT2D eigenvalue weighted by atomic mass is 33.1. The van der Waals surface area contributed by atoms with Crippen molar-refractivity contribution >= 4 is 43.2 Å². The first kappa shape index (κ1) is 48.9. The van der Waals surface area contributed by atoms with Gasteiger partial charge in [-0.1, -0.05) is 43.2 Å². The van der Waals surface area contributed by atoms with Crippen molar-refractivity contribution in [3.63, 3.8) is 0 Å². The lowest BCUT2D eigenvalue weighted by Crippen LogP contribution is -2.43. The lowest BCUT2D eigenvalue weighted by molar-refractivity contribution is 0.213. The molecular formula is C33H79N13S4. The summed E-state index contributed by atoms with van der Waals surface area (Å²) in [7, 11) is 7.99. The fourth-order valence-corrected chi connectivity index (χ4v) is 9.72. The first-order valence-corrected chi connectivity index (χ1v) is 24.4. The number of hydrogen-bond acceptors (Lipinski definition) is 17. The van der Waals surface area contributed by atoms with Gasteiger partial charge in [-0.2, -0.15) is 0 Å². The molecule has 0 saturated carbocycles. The Balaban J connectivity index is 2.58. The Morgan fingerprint density at radius 1 is 0.440 bits per heavy atom. The molecule has 0 aromatic rings. The van der Waals surface area contributed by atoms with Gasteiger partial charge in [0, 0.05) is 174 Å². The normalized spacial score (nSPS) is 22.4. The highest BCUT2D eigenvalue weighted by Gasteiger charge is 2.13. The molecule has 1 unspecified atom stereocenters. The van der Waals surface area contributed by atoms with E-state index in [-0.39, 0.29) is 0 Å². The van der Waals surface area contributed by atoms with Crippen LogP contribution in [0.4, 0.5) is 0 Å². The molecule has 1 aliphatic rings. The summed E-state index contributed by atoms with van der Waals surface area (Å²) in [6.07, 6.45) is 3.59. The van der Waals surface area contributed by atoms with Crippen molar-refractivity contribution in [3.8, 4) is 0 Å². The van der Waals surface area contributed by atoms with Gasteiger partial charge in [0.05, 0.1) is 0 Å².